The molecule has 0 saturated carbocycles. The van der Waals surface area contributed by atoms with Crippen LogP contribution in [0, 0.1) is 6.92 Å². The maximum Gasteiger partial charge on any atom is 0.281 e. The zero-order valence-corrected chi connectivity index (χ0v) is 13.7. The molecule has 3 rings (SSSR count). The summed E-state index contributed by atoms with van der Waals surface area (Å²) in [4.78, 5) is 18.0. The first-order valence-electron chi connectivity index (χ1n) is 7.87. The Kier molecular flexibility index (Phi) is 4.85. The summed E-state index contributed by atoms with van der Waals surface area (Å²) in [5.41, 5.74) is 3.24. The van der Waals surface area contributed by atoms with Crippen molar-refractivity contribution in [1.82, 2.24) is 4.98 Å². The second kappa shape index (κ2) is 7.03. The molecule has 5 heteroatoms. The average molecular weight is 316 g/mol. The van der Waals surface area contributed by atoms with E-state index in [0.29, 0.717) is 11.7 Å². The summed E-state index contributed by atoms with van der Waals surface area (Å²) >= 11 is 1.49. The average Bonchev–Trinajstić information content (AvgIpc) is 2.97. The van der Waals surface area contributed by atoms with Crippen molar-refractivity contribution in [1.29, 1.82) is 0 Å². The summed E-state index contributed by atoms with van der Waals surface area (Å²) in [6.07, 6.45) is 3.77. The van der Waals surface area contributed by atoms with Gasteiger partial charge in [-0.05, 0) is 26.2 Å². The van der Waals surface area contributed by atoms with Gasteiger partial charge in [-0.3, -0.25) is 10.1 Å². The number of hydrogen-bond acceptors (Lipinski definition) is 3. The van der Waals surface area contributed by atoms with Crippen molar-refractivity contribution in [3.63, 3.8) is 0 Å². The van der Waals surface area contributed by atoms with Crippen molar-refractivity contribution in [2.24, 2.45) is 0 Å². The first-order valence-corrected chi connectivity index (χ1v) is 8.75. The van der Waals surface area contributed by atoms with E-state index < -0.39 is 0 Å². The van der Waals surface area contributed by atoms with Crippen molar-refractivity contribution < 1.29 is 9.69 Å². The number of carbonyl (C=O) groups excluding carboxylic acids is 1. The van der Waals surface area contributed by atoms with Crippen molar-refractivity contribution in [3.05, 3.63) is 35.2 Å². The molecule has 1 aliphatic heterocycles. The number of likely N-dealkylation sites (tertiary alicyclic amines) is 1. The van der Waals surface area contributed by atoms with Crippen LogP contribution >= 0.6 is 11.3 Å². The monoisotopic (exact) mass is 316 g/mol. The van der Waals surface area contributed by atoms with E-state index in [-0.39, 0.29) is 5.91 Å². The molecule has 1 aliphatic rings. The number of hydrogen-bond donors (Lipinski definition) is 2. The number of rotatable bonds is 4. The molecule has 2 aromatic rings. The van der Waals surface area contributed by atoms with Crippen molar-refractivity contribution in [2.75, 3.05) is 25.0 Å². The van der Waals surface area contributed by atoms with E-state index in [1.807, 2.05) is 5.38 Å². The van der Waals surface area contributed by atoms with Gasteiger partial charge in [0.1, 0.15) is 0 Å². The number of carbonyl (C=O) groups is 1. The highest BCUT2D eigenvalue weighted by molar-refractivity contribution is 7.14. The van der Waals surface area contributed by atoms with E-state index >= 15 is 0 Å². The fourth-order valence-electron chi connectivity index (χ4n) is 2.81. The Morgan fingerprint density at radius 3 is 2.68 bits per heavy atom. The Labute approximate surface area is 135 Å². The molecule has 0 unspecified atom stereocenters. The number of nitrogens with zero attached hydrogens (tertiary/aromatic N) is 1. The number of benzene rings is 1. The third-order valence-corrected chi connectivity index (χ3v) is 4.83. The molecule has 1 aromatic carbocycles. The van der Waals surface area contributed by atoms with Crippen LogP contribution in [-0.4, -0.2) is 30.5 Å². The molecule has 0 radical (unpaired) electrons. The number of quaternary nitrogens is 1. The molecular weight excluding hydrogens is 294 g/mol. The molecule has 0 bridgehead atoms. The fourth-order valence-corrected chi connectivity index (χ4v) is 3.54. The quantitative estimate of drug-likeness (QED) is 0.908. The molecule has 2 N–H and O–H groups in total. The van der Waals surface area contributed by atoms with Gasteiger partial charge in [0.15, 0.2) is 11.7 Å². The Balaban J connectivity index is 1.59. The van der Waals surface area contributed by atoms with Gasteiger partial charge in [-0.25, -0.2) is 4.98 Å². The zero-order chi connectivity index (χ0) is 15.4. The first kappa shape index (κ1) is 15.2. The Bertz CT molecular complexity index is 630. The van der Waals surface area contributed by atoms with Crippen LogP contribution in [0.15, 0.2) is 29.6 Å². The summed E-state index contributed by atoms with van der Waals surface area (Å²) in [7, 11) is 0. The van der Waals surface area contributed by atoms with Crippen LogP contribution in [-0.2, 0) is 4.79 Å². The number of piperidine rings is 1. The van der Waals surface area contributed by atoms with Gasteiger partial charge in [0.2, 0.25) is 0 Å². The Morgan fingerprint density at radius 2 is 1.95 bits per heavy atom. The number of thiazole rings is 1. The molecule has 0 aliphatic carbocycles. The summed E-state index contributed by atoms with van der Waals surface area (Å²) in [5, 5.41) is 5.62. The van der Waals surface area contributed by atoms with Crippen LogP contribution < -0.4 is 10.2 Å². The first-order chi connectivity index (χ1) is 10.7. The van der Waals surface area contributed by atoms with Crippen LogP contribution in [0.3, 0.4) is 0 Å². The number of amides is 1. The lowest BCUT2D eigenvalue weighted by Crippen LogP contribution is -3.13. The smallest absolute Gasteiger partial charge is 0.281 e. The van der Waals surface area contributed by atoms with Crippen molar-refractivity contribution >= 4 is 22.4 Å². The maximum absolute atomic E-state index is 12.1. The van der Waals surface area contributed by atoms with E-state index in [2.05, 4.69) is 41.5 Å². The minimum atomic E-state index is 0.0710. The molecule has 1 saturated heterocycles. The molecule has 116 valence electrons. The molecule has 22 heavy (non-hydrogen) atoms. The van der Waals surface area contributed by atoms with Gasteiger partial charge < -0.3 is 4.90 Å². The zero-order valence-electron chi connectivity index (χ0n) is 12.9. The minimum Gasteiger partial charge on any atom is -0.327 e. The number of aromatic nitrogens is 1. The van der Waals surface area contributed by atoms with Gasteiger partial charge in [-0.15, -0.1) is 11.3 Å². The molecule has 0 atom stereocenters. The van der Waals surface area contributed by atoms with Crippen LogP contribution in [0.4, 0.5) is 5.13 Å². The SMILES string of the molecule is Cc1ccc(-c2csc(NC(=O)C[NH+]3CCCCC3)n2)cc1. The highest BCUT2D eigenvalue weighted by Gasteiger charge is 2.18. The molecule has 0 spiro atoms. The van der Waals surface area contributed by atoms with Gasteiger partial charge in [-0.1, -0.05) is 29.8 Å². The predicted octanol–water partition coefficient (Wildman–Crippen LogP) is 2.13. The van der Waals surface area contributed by atoms with E-state index in [4.69, 9.17) is 0 Å². The van der Waals surface area contributed by atoms with Gasteiger partial charge in [0, 0.05) is 10.9 Å². The fraction of sp³-hybridized carbons (Fsp3) is 0.412. The van der Waals surface area contributed by atoms with Crippen molar-refractivity contribution in [2.45, 2.75) is 26.2 Å². The Hall–Kier alpha value is -1.72. The van der Waals surface area contributed by atoms with Gasteiger partial charge in [-0.2, -0.15) is 0 Å². The predicted molar refractivity (Wildman–Crippen MR) is 90.3 cm³/mol. The number of aryl methyl sites for hydroxylation is 1. The lowest BCUT2D eigenvalue weighted by molar-refractivity contribution is -0.896. The highest BCUT2D eigenvalue weighted by Crippen LogP contribution is 2.24. The lowest BCUT2D eigenvalue weighted by atomic mass is 10.1. The molecule has 1 amide bonds. The second-order valence-corrected chi connectivity index (χ2v) is 6.80. The topological polar surface area (TPSA) is 46.4 Å². The van der Waals surface area contributed by atoms with Gasteiger partial charge in [0.05, 0.1) is 18.8 Å². The summed E-state index contributed by atoms with van der Waals surface area (Å²) in [6, 6.07) is 8.28. The normalized spacial score (nSPS) is 15.7. The van der Waals surface area contributed by atoms with E-state index in [9.17, 15) is 4.79 Å². The molecule has 1 fully saturated rings. The number of anilines is 1. The van der Waals surface area contributed by atoms with E-state index in [1.165, 1.54) is 41.1 Å². The van der Waals surface area contributed by atoms with Gasteiger partial charge in [0.25, 0.3) is 5.91 Å². The van der Waals surface area contributed by atoms with Gasteiger partial charge >= 0.3 is 0 Å². The van der Waals surface area contributed by atoms with Crippen LogP contribution in [0.25, 0.3) is 11.3 Å². The highest BCUT2D eigenvalue weighted by atomic mass is 32.1. The third kappa shape index (κ3) is 3.93. The molecule has 4 nitrogen and oxygen atoms in total. The third-order valence-electron chi connectivity index (χ3n) is 4.07. The minimum absolute atomic E-state index is 0.0710. The van der Waals surface area contributed by atoms with Crippen LogP contribution in [0.1, 0.15) is 24.8 Å². The second-order valence-electron chi connectivity index (χ2n) is 5.94. The maximum atomic E-state index is 12.1. The largest absolute Gasteiger partial charge is 0.327 e. The van der Waals surface area contributed by atoms with E-state index in [1.54, 1.807) is 0 Å². The summed E-state index contributed by atoms with van der Waals surface area (Å²) in [5.74, 6) is 0.0710. The Morgan fingerprint density at radius 1 is 1.23 bits per heavy atom. The summed E-state index contributed by atoms with van der Waals surface area (Å²) < 4.78 is 0. The lowest BCUT2D eigenvalue weighted by Gasteiger charge is -2.22. The van der Waals surface area contributed by atoms with Crippen molar-refractivity contribution in [3.8, 4) is 11.3 Å². The standard InChI is InChI=1S/C17H21N3OS/c1-13-5-7-14(8-6-13)15-12-22-17(18-15)19-16(21)11-20-9-3-2-4-10-20/h5-8,12H,2-4,9-11H2,1H3,(H,18,19,21)/p+1. The summed E-state index contributed by atoms with van der Waals surface area (Å²) in [6.45, 7) is 4.85. The van der Waals surface area contributed by atoms with Crippen LogP contribution in [0.2, 0.25) is 0 Å². The molecule has 2 heterocycles. The molecular formula is C17H22N3OS+. The number of nitrogens with one attached hydrogen (secondary N) is 2. The van der Waals surface area contributed by atoms with E-state index in [0.717, 1.165) is 24.3 Å². The van der Waals surface area contributed by atoms with Crippen LogP contribution in [0.5, 0.6) is 0 Å². The molecule has 1 aromatic heterocycles.